The van der Waals surface area contributed by atoms with Crippen LogP contribution in [0.4, 0.5) is 5.00 Å². The number of carbonyl (C=O) groups is 2. The van der Waals surface area contributed by atoms with Crippen LogP contribution in [0.5, 0.6) is 0 Å². The summed E-state index contributed by atoms with van der Waals surface area (Å²) >= 11 is 1.49. The van der Waals surface area contributed by atoms with Crippen molar-refractivity contribution in [3.05, 3.63) is 51.4 Å². The highest BCUT2D eigenvalue weighted by Gasteiger charge is 2.26. The van der Waals surface area contributed by atoms with Gasteiger partial charge < -0.3 is 11.1 Å². The van der Waals surface area contributed by atoms with Crippen molar-refractivity contribution in [2.45, 2.75) is 45.4 Å². The number of rotatable bonds is 5. The first-order chi connectivity index (χ1) is 11.5. The first-order valence-corrected chi connectivity index (χ1v) is 9.10. The van der Waals surface area contributed by atoms with Crippen molar-refractivity contribution in [3.8, 4) is 0 Å². The van der Waals surface area contributed by atoms with Gasteiger partial charge >= 0.3 is 0 Å². The van der Waals surface area contributed by atoms with Gasteiger partial charge in [-0.05, 0) is 41.9 Å². The van der Waals surface area contributed by atoms with Gasteiger partial charge in [0, 0.05) is 4.88 Å². The largest absolute Gasteiger partial charge is 0.365 e. The third-order valence-corrected chi connectivity index (χ3v) is 5.64. The number of hydrogen-bond donors (Lipinski definition) is 2. The van der Waals surface area contributed by atoms with E-state index in [9.17, 15) is 9.59 Å². The maximum absolute atomic E-state index is 12.3. The molecule has 3 rings (SSSR count). The fourth-order valence-corrected chi connectivity index (χ4v) is 4.44. The van der Waals surface area contributed by atoms with Crippen molar-refractivity contribution in [3.63, 3.8) is 0 Å². The number of benzene rings is 1. The molecule has 1 aromatic heterocycles. The first-order valence-electron chi connectivity index (χ1n) is 8.28. The molecule has 24 heavy (non-hydrogen) atoms. The van der Waals surface area contributed by atoms with Crippen LogP contribution in [0.15, 0.2) is 24.3 Å². The number of hydrogen-bond acceptors (Lipinski definition) is 3. The zero-order valence-electron chi connectivity index (χ0n) is 14.0. The summed E-state index contributed by atoms with van der Waals surface area (Å²) < 4.78 is 0. The second-order valence-electron chi connectivity index (χ2n) is 6.55. The summed E-state index contributed by atoms with van der Waals surface area (Å²) in [5.41, 5.74) is 9.28. The predicted octanol–water partition coefficient (Wildman–Crippen LogP) is 3.64. The van der Waals surface area contributed by atoms with E-state index in [1.807, 2.05) is 12.1 Å². The molecule has 1 heterocycles. The van der Waals surface area contributed by atoms with E-state index in [0.717, 1.165) is 30.4 Å². The number of anilines is 1. The Morgan fingerprint density at radius 2 is 1.92 bits per heavy atom. The molecule has 126 valence electrons. The number of carbonyl (C=O) groups excluding carboxylic acids is 2. The molecule has 2 aromatic rings. The molecule has 5 heteroatoms. The van der Waals surface area contributed by atoms with Crippen molar-refractivity contribution < 1.29 is 9.59 Å². The lowest BCUT2D eigenvalue weighted by molar-refractivity contribution is -0.115. The van der Waals surface area contributed by atoms with Crippen LogP contribution < -0.4 is 11.1 Å². The number of nitrogens with one attached hydrogen (secondary N) is 1. The van der Waals surface area contributed by atoms with Crippen molar-refractivity contribution >= 4 is 28.2 Å². The molecule has 0 aliphatic heterocycles. The molecule has 1 aliphatic carbocycles. The van der Waals surface area contributed by atoms with Crippen LogP contribution in [0, 0.1) is 0 Å². The molecule has 0 spiro atoms. The van der Waals surface area contributed by atoms with Crippen LogP contribution in [0.2, 0.25) is 0 Å². The highest BCUT2D eigenvalue weighted by atomic mass is 32.1. The topological polar surface area (TPSA) is 72.2 Å². The maximum Gasteiger partial charge on any atom is 0.251 e. The van der Waals surface area contributed by atoms with E-state index in [0.29, 0.717) is 22.9 Å². The predicted molar refractivity (Wildman–Crippen MR) is 97.7 cm³/mol. The van der Waals surface area contributed by atoms with Crippen LogP contribution in [0.3, 0.4) is 0 Å². The fourth-order valence-electron chi connectivity index (χ4n) is 3.13. The molecule has 0 saturated heterocycles. The lowest BCUT2D eigenvalue weighted by Crippen LogP contribution is -2.19. The summed E-state index contributed by atoms with van der Waals surface area (Å²) in [6.45, 7) is 4.28. The molecule has 0 saturated carbocycles. The second-order valence-corrected chi connectivity index (χ2v) is 7.65. The van der Waals surface area contributed by atoms with Crippen LogP contribution in [-0.4, -0.2) is 11.8 Å². The van der Waals surface area contributed by atoms with Crippen molar-refractivity contribution in [1.82, 2.24) is 0 Å². The summed E-state index contributed by atoms with van der Waals surface area (Å²) in [6.07, 6.45) is 3.18. The number of primary amides is 1. The molecule has 1 aliphatic rings. The van der Waals surface area contributed by atoms with Gasteiger partial charge in [-0.25, -0.2) is 0 Å². The molecule has 0 fully saturated rings. The molecule has 2 amide bonds. The van der Waals surface area contributed by atoms with E-state index in [4.69, 9.17) is 5.73 Å². The Bertz CT molecular complexity index is 775. The van der Waals surface area contributed by atoms with Gasteiger partial charge in [-0.3, -0.25) is 9.59 Å². The minimum absolute atomic E-state index is 0.116. The number of nitrogens with two attached hydrogens (primary N) is 1. The van der Waals surface area contributed by atoms with Gasteiger partial charge in [0.1, 0.15) is 5.00 Å². The van der Waals surface area contributed by atoms with Gasteiger partial charge in [0.25, 0.3) is 5.91 Å². The summed E-state index contributed by atoms with van der Waals surface area (Å²) in [5.74, 6) is -0.0970. The van der Waals surface area contributed by atoms with Gasteiger partial charge in [-0.2, -0.15) is 0 Å². The second kappa shape index (κ2) is 6.77. The Balaban J connectivity index is 1.72. The molecule has 0 radical (unpaired) electrons. The van der Waals surface area contributed by atoms with Gasteiger partial charge in [-0.1, -0.05) is 38.1 Å². The quantitative estimate of drug-likeness (QED) is 0.871. The lowest BCUT2D eigenvalue weighted by atomic mass is 10.0. The Morgan fingerprint density at radius 1 is 1.21 bits per heavy atom. The number of aryl methyl sites for hydroxylation is 1. The average Bonchev–Trinajstić information content (AvgIpc) is 3.07. The SMILES string of the molecule is CC(C)c1ccc(CC(=O)Nc2sc3c(c2C(N)=O)CCC3)cc1. The normalized spacial score (nSPS) is 13.1. The van der Waals surface area contributed by atoms with Crippen molar-refractivity contribution in [2.24, 2.45) is 5.73 Å². The summed E-state index contributed by atoms with van der Waals surface area (Å²) in [7, 11) is 0. The molecule has 3 N–H and O–H groups in total. The minimum Gasteiger partial charge on any atom is -0.365 e. The monoisotopic (exact) mass is 342 g/mol. The zero-order valence-corrected chi connectivity index (χ0v) is 14.8. The van der Waals surface area contributed by atoms with Crippen LogP contribution in [-0.2, 0) is 24.1 Å². The molecule has 0 atom stereocenters. The molecule has 0 bridgehead atoms. The third-order valence-electron chi connectivity index (χ3n) is 4.43. The van der Waals surface area contributed by atoms with E-state index in [2.05, 4.69) is 31.3 Å². The Labute approximate surface area is 146 Å². The minimum atomic E-state index is -0.453. The molecule has 0 unspecified atom stereocenters. The van der Waals surface area contributed by atoms with E-state index >= 15 is 0 Å². The Kier molecular flexibility index (Phi) is 4.71. The van der Waals surface area contributed by atoms with E-state index < -0.39 is 5.91 Å². The molecular formula is C19H22N2O2S. The Hall–Kier alpha value is -2.14. The maximum atomic E-state index is 12.3. The number of fused-ring (bicyclic) bond motifs is 1. The van der Waals surface area contributed by atoms with Crippen molar-refractivity contribution in [2.75, 3.05) is 5.32 Å². The number of amides is 2. The molecule has 4 nitrogen and oxygen atoms in total. The van der Waals surface area contributed by atoms with Crippen molar-refractivity contribution in [1.29, 1.82) is 0 Å². The molecule has 1 aromatic carbocycles. The van der Waals surface area contributed by atoms with Gasteiger partial charge in [0.15, 0.2) is 0 Å². The third kappa shape index (κ3) is 3.36. The smallest absolute Gasteiger partial charge is 0.251 e. The van der Waals surface area contributed by atoms with E-state index in [1.54, 1.807) is 0 Å². The Morgan fingerprint density at radius 3 is 2.54 bits per heavy atom. The summed E-state index contributed by atoms with van der Waals surface area (Å²) in [5, 5.41) is 3.49. The average molecular weight is 342 g/mol. The highest BCUT2D eigenvalue weighted by molar-refractivity contribution is 7.17. The zero-order chi connectivity index (χ0) is 17.3. The van der Waals surface area contributed by atoms with Gasteiger partial charge in [0.2, 0.25) is 5.91 Å². The van der Waals surface area contributed by atoms with Gasteiger partial charge in [-0.15, -0.1) is 11.3 Å². The first kappa shape index (κ1) is 16.7. The molecular weight excluding hydrogens is 320 g/mol. The lowest BCUT2D eigenvalue weighted by Gasteiger charge is -2.08. The standard InChI is InChI=1S/C19H22N2O2S/c1-11(2)13-8-6-12(7-9-13)10-16(22)21-19-17(18(20)23)14-4-3-5-15(14)24-19/h6-9,11H,3-5,10H2,1-2H3,(H2,20,23)(H,21,22). The van der Waals surface area contributed by atoms with Crippen LogP contribution in [0.1, 0.15) is 58.1 Å². The fraction of sp³-hybridized carbons (Fsp3) is 0.368. The van der Waals surface area contributed by atoms with E-state index in [1.165, 1.54) is 21.8 Å². The number of thiophene rings is 1. The van der Waals surface area contributed by atoms with Gasteiger partial charge in [0.05, 0.1) is 12.0 Å². The highest BCUT2D eigenvalue weighted by Crippen LogP contribution is 2.38. The van der Waals surface area contributed by atoms with E-state index in [-0.39, 0.29) is 5.91 Å². The summed E-state index contributed by atoms with van der Waals surface area (Å²) in [6, 6.07) is 8.08. The van der Waals surface area contributed by atoms with Crippen LogP contribution >= 0.6 is 11.3 Å². The summed E-state index contributed by atoms with van der Waals surface area (Å²) in [4.78, 5) is 25.3. The van der Waals surface area contributed by atoms with Crippen LogP contribution in [0.25, 0.3) is 0 Å².